The maximum absolute atomic E-state index is 12.9. The van der Waals surface area contributed by atoms with Crippen molar-refractivity contribution in [3.63, 3.8) is 0 Å². The zero-order valence-corrected chi connectivity index (χ0v) is 16.2. The van der Waals surface area contributed by atoms with Crippen LogP contribution in [0, 0.1) is 0 Å². The van der Waals surface area contributed by atoms with Gasteiger partial charge in [0, 0.05) is 5.56 Å². The van der Waals surface area contributed by atoms with Crippen LogP contribution in [0.4, 0.5) is 0 Å². The van der Waals surface area contributed by atoms with E-state index in [1.165, 1.54) is 24.2 Å². The van der Waals surface area contributed by atoms with E-state index in [1.54, 1.807) is 18.2 Å². The third-order valence-corrected chi connectivity index (χ3v) is 5.41. The summed E-state index contributed by atoms with van der Waals surface area (Å²) in [6, 6.07) is 10.8. The number of benzene rings is 2. The van der Waals surface area contributed by atoms with E-state index in [1.807, 2.05) is 31.2 Å². The molecule has 0 unspecified atom stereocenters. The summed E-state index contributed by atoms with van der Waals surface area (Å²) in [6.45, 7) is 5.31. The Labute approximate surface area is 165 Å². The van der Waals surface area contributed by atoms with Gasteiger partial charge in [-0.3, -0.25) is 4.79 Å². The van der Waals surface area contributed by atoms with Gasteiger partial charge in [0.2, 0.25) is 5.78 Å². The summed E-state index contributed by atoms with van der Waals surface area (Å²) >= 11 is 0. The van der Waals surface area contributed by atoms with E-state index in [0.717, 1.165) is 24.2 Å². The van der Waals surface area contributed by atoms with Crippen LogP contribution in [-0.2, 0) is 6.54 Å². The highest BCUT2D eigenvalue weighted by Gasteiger charge is 2.33. The van der Waals surface area contributed by atoms with Crippen molar-refractivity contribution in [3.05, 3.63) is 58.8 Å². The van der Waals surface area contributed by atoms with Crippen LogP contribution in [0.1, 0.15) is 47.7 Å². The number of hydrogen-bond acceptors (Lipinski definition) is 4. The van der Waals surface area contributed by atoms with Crippen LogP contribution in [0.3, 0.4) is 0 Å². The van der Waals surface area contributed by atoms with Crippen LogP contribution in [-0.4, -0.2) is 30.6 Å². The molecular formula is C23H26NO4+. The molecule has 2 aromatic carbocycles. The molecule has 0 aromatic heterocycles. The Hall–Kier alpha value is -2.79. The van der Waals surface area contributed by atoms with Crippen LogP contribution in [0.15, 0.2) is 42.2 Å². The molecule has 0 spiro atoms. The molecule has 0 aliphatic carbocycles. The number of piperidine rings is 1. The SMILES string of the molecule is CCOc1ccccc1/C=C1\Oc2c(ccc(O)c2C[NH+]2CCCCC2)C1=O. The van der Waals surface area contributed by atoms with Crippen molar-refractivity contribution >= 4 is 11.9 Å². The third-order valence-electron chi connectivity index (χ3n) is 5.41. The number of ketones is 1. The summed E-state index contributed by atoms with van der Waals surface area (Å²) in [6.07, 6.45) is 5.39. The molecule has 2 heterocycles. The van der Waals surface area contributed by atoms with Crippen molar-refractivity contribution in [3.8, 4) is 17.2 Å². The molecule has 0 bridgehead atoms. The fraction of sp³-hybridized carbons (Fsp3) is 0.348. The number of nitrogens with one attached hydrogen (secondary N) is 1. The number of likely N-dealkylation sites (tertiary alicyclic amines) is 1. The Kier molecular flexibility index (Phi) is 5.35. The lowest BCUT2D eigenvalue weighted by Crippen LogP contribution is -3.11. The first-order valence-electron chi connectivity index (χ1n) is 10.0. The smallest absolute Gasteiger partial charge is 0.231 e. The molecule has 2 aromatic rings. The molecule has 1 saturated heterocycles. The Morgan fingerprint density at radius 2 is 1.93 bits per heavy atom. The molecule has 2 aliphatic rings. The van der Waals surface area contributed by atoms with Gasteiger partial charge in [-0.2, -0.15) is 0 Å². The van der Waals surface area contributed by atoms with Crippen molar-refractivity contribution in [2.24, 2.45) is 0 Å². The van der Waals surface area contributed by atoms with Crippen LogP contribution in [0.25, 0.3) is 6.08 Å². The first-order chi connectivity index (χ1) is 13.7. The molecule has 0 saturated carbocycles. The Balaban J connectivity index is 1.65. The van der Waals surface area contributed by atoms with Gasteiger partial charge in [-0.15, -0.1) is 0 Å². The number of aromatic hydroxyl groups is 1. The van der Waals surface area contributed by atoms with Crippen LogP contribution in [0.5, 0.6) is 17.2 Å². The van der Waals surface area contributed by atoms with Crippen molar-refractivity contribution in [1.29, 1.82) is 0 Å². The van der Waals surface area contributed by atoms with E-state index in [0.29, 0.717) is 30.2 Å². The Morgan fingerprint density at radius 3 is 2.71 bits per heavy atom. The molecule has 28 heavy (non-hydrogen) atoms. The number of carbonyl (C=O) groups is 1. The zero-order valence-electron chi connectivity index (χ0n) is 16.2. The molecule has 1 fully saturated rings. The van der Waals surface area contributed by atoms with E-state index >= 15 is 0 Å². The second kappa shape index (κ2) is 8.07. The molecule has 5 nitrogen and oxygen atoms in total. The van der Waals surface area contributed by atoms with Crippen molar-refractivity contribution in [2.75, 3.05) is 19.7 Å². The predicted octanol–water partition coefficient (Wildman–Crippen LogP) is 2.98. The second-order valence-corrected chi connectivity index (χ2v) is 7.34. The quantitative estimate of drug-likeness (QED) is 0.783. The van der Waals surface area contributed by atoms with Crippen LogP contribution in [0.2, 0.25) is 0 Å². The van der Waals surface area contributed by atoms with Crippen LogP contribution >= 0.6 is 0 Å². The Bertz CT molecular complexity index is 913. The van der Waals surface area contributed by atoms with Gasteiger partial charge in [-0.05, 0) is 50.5 Å². The summed E-state index contributed by atoms with van der Waals surface area (Å²) in [5.41, 5.74) is 2.04. The summed E-state index contributed by atoms with van der Waals surface area (Å²) in [4.78, 5) is 14.3. The number of phenols is 1. The lowest BCUT2D eigenvalue weighted by atomic mass is 10.0. The fourth-order valence-electron chi connectivity index (χ4n) is 3.97. The minimum Gasteiger partial charge on any atom is -0.507 e. The number of allylic oxidation sites excluding steroid dienone is 1. The van der Waals surface area contributed by atoms with E-state index < -0.39 is 0 Å². The highest BCUT2D eigenvalue weighted by atomic mass is 16.5. The van der Waals surface area contributed by atoms with Gasteiger partial charge in [0.25, 0.3) is 0 Å². The summed E-state index contributed by atoms with van der Waals surface area (Å²) < 4.78 is 11.6. The molecule has 2 aliphatic heterocycles. The zero-order chi connectivity index (χ0) is 19.5. The lowest BCUT2D eigenvalue weighted by molar-refractivity contribution is -0.918. The van der Waals surface area contributed by atoms with Crippen molar-refractivity contribution < 1.29 is 24.3 Å². The molecule has 0 atom stereocenters. The summed E-state index contributed by atoms with van der Waals surface area (Å²) in [5.74, 6) is 1.52. The molecule has 0 amide bonds. The molecule has 4 rings (SSSR count). The van der Waals surface area contributed by atoms with Crippen LogP contribution < -0.4 is 14.4 Å². The fourth-order valence-corrected chi connectivity index (χ4v) is 3.97. The number of phenolic OH excluding ortho intramolecular Hbond substituents is 1. The van der Waals surface area contributed by atoms with Gasteiger partial charge < -0.3 is 19.5 Å². The molecule has 2 N–H and O–H groups in total. The number of fused-ring (bicyclic) bond motifs is 1. The average Bonchev–Trinajstić information content (AvgIpc) is 3.02. The molecule has 5 heteroatoms. The average molecular weight is 380 g/mol. The van der Waals surface area contributed by atoms with Gasteiger partial charge in [-0.25, -0.2) is 0 Å². The number of hydrogen-bond donors (Lipinski definition) is 2. The lowest BCUT2D eigenvalue weighted by Gasteiger charge is -2.24. The Morgan fingerprint density at radius 1 is 1.14 bits per heavy atom. The third kappa shape index (κ3) is 3.62. The van der Waals surface area contributed by atoms with E-state index in [-0.39, 0.29) is 17.3 Å². The van der Waals surface area contributed by atoms with Crippen molar-refractivity contribution in [2.45, 2.75) is 32.7 Å². The van der Waals surface area contributed by atoms with E-state index in [9.17, 15) is 9.90 Å². The van der Waals surface area contributed by atoms with Gasteiger partial charge in [0.05, 0.1) is 30.8 Å². The van der Waals surface area contributed by atoms with E-state index in [4.69, 9.17) is 9.47 Å². The number of ether oxygens (including phenoxy) is 2. The standard InChI is InChI=1S/C23H25NO4/c1-2-27-20-9-5-4-8-16(20)14-21-22(26)17-10-11-19(25)18(23(17)28-21)15-24-12-6-3-7-13-24/h4-5,8-11,14,25H,2-3,6-7,12-13,15H2,1H3/p+1/b21-14-. The van der Waals surface area contributed by atoms with Gasteiger partial charge in [0.15, 0.2) is 11.5 Å². The second-order valence-electron chi connectivity index (χ2n) is 7.34. The topological polar surface area (TPSA) is 60.2 Å². The van der Waals surface area contributed by atoms with Gasteiger partial charge in [0.1, 0.15) is 18.0 Å². The highest BCUT2D eigenvalue weighted by Crippen LogP contribution is 2.39. The van der Waals surface area contributed by atoms with Gasteiger partial charge >= 0.3 is 0 Å². The largest absolute Gasteiger partial charge is 0.507 e. The van der Waals surface area contributed by atoms with Crippen molar-refractivity contribution in [1.82, 2.24) is 0 Å². The molecule has 146 valence electrons. The normalized spacial score (nSPS) is 18.2. The highest BCUT2D eigenvalue weighted by molar-refractivity contribution is 6.15. The number of quaternary nitrogens is 1. The number of rotatable bonds is 5. The number of Topliss-reactive ketones (excluding diaryl/α,β-unsaturated/α-hetero) is 1. The molecule has 0 radical (unpaired) electrons. The minimum absolute atomic E-state index is 0.156. The number of carbonyl (C=O) groups excluding carboxylic acids is 1. The van der Waals surface area contributed by atoms with Gasteiger partial charge in [-0.1, -0.05) is 18.2 Å². The first-order valence-corrected chi connectivity index (χ1v) is 10.0. The van der Waals surface area contributed by atoms with E-state index in [2.05, 4.69) is 0 Å². The molecular weight excluding hydrogens is 354 g/mol. The maximum Gasteiger partial charge on any atom is 0.231 e. The predicted molar refractivity (Wildman–Crippen MR) is 107 cm³/mol. The summed E-state index contributed by atoms with van der Waals surface area (Å²) in [7, 11) is 0. The summed E-state index contributed by atoms with van der Waals surface area (Å²) in [5, 5.41) is 10.4. The first kappa shape index (κ1) is 18.6. The monoisotopic (exact) mass is 380 g/mol. The minimum atomic E-state index is -0.156. The number of para-hydroxylation sites is 1. The maximum atomic E-state index is 12.9.